The lowest BCUT2D eigenvalue weighted by molar-refractivity contribution is 0.250. The summed E-state index contributed by atoms with van der Waals surface area (Å²) in [5.41, 5.74) is 0. The van der Waals surface area contributed by atoms with Crippen molar-refractivity contribution in [3.05, 3.63) is 0 Å². The monoisotopic (exact) mass is 245 g/mol. The second-order valence-electron chi connectivity index (χ2n) is 4.02. The topological polar surface area (TPSA) is 42.2 Å². The SMILES string of the molecule is CCC(C)CCCCOP(C)OCCC#N. The van der Waals surface area contributed by atoms with Crippen molar-refractivity contribution in [2.24, 2.45) is 5.92 Å². The van der Waals surface area contributed by atoms with Crippen LogP contribution in [0, 0.1) is 17.2 Å². The molecule has 0 N–H and O–H groups in total. The van der Waals surface area contributed by atoms with Crippen LogP contribution >= 0.6 is 8.38 Å². The van der Waals surface area contributed by atoms with E-state index in [0.29, 0.717) is 13.0 Å². The highest BCUT2D eigenvalue weighted by Gasteiger charge is 2.03. The van der Waals surface area contributed by atoms with Gasteiger partial charge in [0.05, 0.1) is 25.7 Å². The normalized spacial score (nSPS) is 14.4. The van der Waals surface area contributed by atoms with E-state index >= 15 is 0 Å². The van der Waals surface area contributed by atoms with Crippen LogP contribution in [0.1, 0.15) is 46.0 Å². The minimum absolute atomic E-state index is 0.448. The highest BCUT2D eigenvalue weighted by Crippen LogP contribution is 2.33. The van der Waals surface area contributed by atoms with E-state index in [2.05, 4.69) is 13.8 Å². The van der Waals surface area contributed by atoms with Crippen LogP contribution in [0.3, 0.4) is 0 Å². The minimum atomic E-state index is -0.779. The summed E-state index contributed by atoms with van der Waals surface area (Å²) >= 11 is 0. The maximum Gasteiger partial charge on any atom is 0.167 e. The van der Waals surface area contributed by atoms with Gasteiger partial charge < -0.3 is 9.05 Å². The third kappa shape index (κ3) is 10.4. The zero-order valence-corrected chi connectivity index (χ0v) is 11.6. The highest BCUT2D eigenvalue weighted by molar-refractivity contribution is 7.46. The number of rotatable bonds is 10. The lowest BCUT2D eigenvalue weighted by Gasteiger charge is -2.12. The van der Waals surface area contributed by atoms with Gasteiger partial charge in [-0.3, -0.25) is 0 Å². The van der Waals surface area contributed by atoms with Crippen molar-refractivity contribution in [3.8, 4) is 6.07 Å². The van der Waals surface area contributed by atoms with Crippen molar-refractivity contribution >= 4 is 8.38 Å². The van der Waals surface area contributed by atoms with Crippen LogP contribution < -0.4 is 0 Å². The summed E-state index contributed by atoms with van der Waals surface area (Å²) < 4.78 is 10.9. The van der Waals surface area contributed by atoms with Crippen molar-refractivity contribution in [1.29, 1.82) is 5.26 Å². The number of unbranched alkanes of at least 4 members (excludes halogenated alkanes) is 1. The van der Waals surface area contributed by atoms with Crippen LogP contribution in [-0.2, 0) is 9.05 Å². The van der Waals surface area contributed by atoms with Gasteiger partial charge in [-0.2, -0.15) is 5.26 Å². The third-order valence-electron chi connectivity index (χ3n) is 2.55. The van der Waals surface area contributed by atoms with Crippen LogP contribution in [0.15, 0.2) is 0 Å². The van der Waals surface area contributed by atoms with E-state index in [9.17, 15) is 0 Å². The fraction of sp³-hybridized carbons (Fsp3) is 0.917. The predicted molar refractivity (Wildman–Crippen MR) is 68.3 cm³/mol. The molecule has 2 atom stereocenters. The van der Waals surface area contributed by atoms with Crippen LogP contribution in [0.5, 0.6) is 0 Å². The van der Waals surface area contributed by atoms with Gasteiger partial charge in [0.25, 0.3) is 0 Å². The van der Waals surface area contributed by atoms with Crippen LogP contribution in [0.2, 0.25) is 0 Å². The summed E-state index contributed by atoms with van der Waals surface area (Å²) in [4.78, 5) is 0. The molecule has 0 aliphatic carbocycles. The summed E-state index contributed by atoms with van der Waals surface area (Å²) in [6.07, 6.45) is 5.34. The van der Waals surface area contributed by atoms with Gasteiger partial charge in [0.2, 0.25) is 0 Å². The summed E-state index contributed by atoms with van der Waals surface area (Å²) in [5.74, 6) is 0.829. The summed E-state index contributed by atoms with van der Waals surface area (Å²) in [6, 6.07) is 2.05. The molecule has 16 heavy (non-hydrogen) atoms. The molecule has 3 nitrogen and oxygen atoms in total. The Morgan fingerprint density at radius 2 is 1.94 bits per heavy atom. The Labute approximate surface area is 101 Å². The van der Waals surface area contributed by atoms with E-state index in [1.807, 2.05) is 12.7 Å². The fourth-order valence-electron chi connectivity index (χ4n) is 1.25. The molecule has 0 radical (unpaired) electrons. The standard InChI is InChI=1S/C12H24NO2P/c1-4-12(2)8-5-6-10-14-16(3)15-11-7-9-13/h12H,4-8,10-11H2,1-3H3. The van der Waals surface area contributed by atoms with Crippen LogP contribution in [0.25, 0.3) is 0 Å². The minimum Gasteiger partial charge on any atom is -0.334 e. The molecule has 0 aromatic rings. The first-order valence-electron chi connectivity index (χ1n) is 6.07. The Kier molecular flexibility index (Phi) is 11.2. The molecule has 0 fully saturated rings. The van der Waals surface area contributed by atoms with Gasteiger partial charge in [-0.1, -0.05) is 33.1 Å². The van der Waals surface area contributed by atoms with Gasteiger partial charge in [-0.05, 0) is 12.3 Å². The highest BCUT2D eigenvalue weighted by atomic mass is 31.2. The van der Waals surface area contributed by atoms with Crippen molar-refractivity contribution in [3.63, 3.8) is 0 Å². The number of hydrogen-bond donors (Lipinski definition) is 0. The predicted octanol–water partition coefficient (Wildman–Crippen LogP) is 4.09. The van der Waals surface area contributed by atoms with Crippen LogP contribution in [0.4, 0.5) is 0 Å². The molecule has 2 unspecified atom stereocenters. The van der Waals surface area contributed by atoms with E-state index in [1.54, 1.807) is 0 Å². The maximum atomic E-state index is 8.34. The molecular formula is C12H24NO2P. The molecule has 0 aliphatic rings. The smallest absolute Gasteiger partial charge is 0.167 e. The largest absolute Gasteiger partial charge is 0.334 e. The molecule has 0 saturated carbocycles. The number of nitriles is 1. The summed E-state index contributed by atoms with van der Waals surface area (Å²) in [5, 5.41) is 8.34. The third-order valence-corrected chi connectivity index (χ3v) is 3.64. The van der Waals surface area contributed by atoms with E-state index in [0.717, 1.165) is 18.9 Å². The quantitative estimate of drug-likeness (QED) is 0.430. The maximum absolute atomic E-state index is 8.34. The summed E-state index contributed by atoms with van der Waals surface area (Å²) in [6.45, 7) is 7.74. The Morgan fingerprint density at radius 1 is 1.25 bits per heavy atom. The van der Waals surface area contributed by atoms with Crippen molar-refractivity contribution < 1.29 is 9.05 Å². The van der Waals surface area contributed by atoms with E-state index in [-0.39, 0.29) is 0 Å². The number of nitrogens with zero attached hydrogens (tertiary/aromatic N) is 1. The molecular weight excluding hydrogens is 221 g/mol. The average Bonchev–Trinajstić information content (AvgIpc) is 2.28. The molecule has 94 valence electrons. The zero-order chi connectivity index (χ0) is 12.2. The Bertz CT molecular complexity index is 194. The molecule has 4 heteroatoms. The summed E-state index contributed by atoms with van der Waals surface area (Å²) in [7, 11) is -0.779. The van der Waals surface area contributed by atoms with Gasteiger partial charge in [-0.15, -0.1) is 0 Å². The molecule has 0 heterocycles. The van der Waals surface area contributed by atoms with Crippen molar-refractivity contribution in [2.45, 2.75) is 46.0 Å². The first-order chi connectivity index (χ1) is 7.70. The molecule has 0 amide bonds. The molecule has 0 aliphatic heterocycles. The van der Waals surface area contributed by atoms with E-state index in [4.69, 9.17) is 14.3 Å². The molecule has 0 spiro atoms. The Morgan fingerprint density at radius 3 is 2.56 bits per heavy atom. The van der Waals surface area contributed by atoms with Gasteiger partial charge in [-0.25, -0.2) is 0 Å². The Hall–Kier alpha value is -0.160. The van der Waals surface area contributed by atoms with E-state index < -0.39 is 8.38 Å². The van der Waals surface area contributed by atoms with Gasteiger partial charge in [0, 0.05) is 6.66 Å². The van der Waals surface area contributed by atoms with Crippen LogP contribution in [-0.4, -0.2) is 19.9 Å². The second kappa shape index (κ2) is 11.3. The molecule has 0 saturated heterocycles. The molecule has 0 rings (SSSR count). The van der Waals surface area contributed by atoms with Gasteiger partial charge in [0.1, 0.15) is 0 Å². The van der Waals surface area contributed by atoms with E-state index in [1.165, 1.54) is 19.3 Å². The molecule has 0 aromatic heterocycles. The number of hydrogen-bond acceptors (Lipinski definition) is 3. The molecule has 0 bridgehead atoms. The second-order valence-corrected chi connectivity index (χ2v) is 5.42. The first kappa shape index (κ1) is 15.8. The van der Waals surface area contributed by atoms with Crippen molar-refractivity contribution in [1.82, 2.24) is 0 Å². The molecule has 0 aromatic carbocycles. The average molecular weight is 245 g/mol. The van der Waals surface area contributed by atoms with Gasteiger partial charge >= 0.3 is 0 Å². The lowest BCUT2D eigenvalue weighted by atomic mass is 10.0. The Balaban J connectivity index is 3.21. The van der Waals surface area contributed by atoms with Crippen molar-refractivity contribution in [2.75, 3.05) is 19.9 Å². The zero-order valence-electron chi connectivity index (χ0n) is 10.7. The fourth-order valence-corrected chi connectivity index (χ4v) is 2.06. The van der Waals surface area contributed by atoms with Gasteiger partial charge in [0.15, 0.2) is 8.38 Å². The first-order valence-corrected chi connectivity index (χ1v) is 7.69. The lowest BCUT2D eigenvalue weighted by Crippen LogP contribution is -1.96.